The van der Waals surface area contributed by atoms with Gasteiger partial charge in [0.15, 0.2) is 0 Å². The molecule has 1 aromatic carbocycles. The van der Waals surface area contributed by atoms with E-state index in [4.69, 9.17) is 5.73 Å². The quantitative estimate of drug-likeness (QED) is 0.824. The van der Waals surface area contributed by atoms with Crippen LogP contribution in [-0.2, 0) is 6.18 Å². The number of nitrogens with two attached hydrogens (primary N) is 1. The van der Waals surface area contributed by atoms with Crippen LogP contribution in [0.2, 0.25) is 0 Å². The maximum absolute atomic E-state index is 13.1. The summed E-state index contributed by atoms with van der Waals surface area (Å²) in [6.45, 7) is 0. The molecule has 98 valence electrons. The normalized spacial score (nSPS) is 13.4. The van der Waals surface area contributed by atoms with Gasteiger partial charge in [-0.05, 0) is 12.1 Å². The summed E-state index contributed by atoms with van der Waals surface area (Å²) in [7, 11) is 0. The van der Waals surface area contributed by atoms with Crippen LogP contribution in [0.3, 0.4) is 0 Å². The lowest BCUT2D eigenvalue weighted by molar-refractivity contribution is -0.137. The van der Waals surface area contributed by atoms with Gasteiger partial charge >= 0.3 is 6.18 Å². The van der Waals surface area contributed by atoms with Crippen LogP contribution in [-0.4, -0.2) is 6.43 Å². The molecule has 2 N–H and O–H groups in total. The van der Waals surface area contributed by atoms with Crippen molar-refractivity contribution < 1.29 is 26.3 Å². The van der Waals surface area contributed by atoms with Gasteiger partial charge in [0.1, 0.15) is 5.82 Å². The molecular formula is C9H8ClF6N. The monoisotopic (exact) mass is 279 g/mol. The van der Waals surface area contributed by atoms with E-state index in [9.17, 15) is 26.3 Å². The van der Waals surface area contributed by atoms with Crippen molar-refractivity contribution >= 4 is 12.4 Å². The second-order valence-corrected chi connectivity index (χ2v) is 3.09. The lowest BCUT2D eigenvalue weighted by Crippen LogP contribution is -2.20. The van der Waals surface area contributed by atoms with E-state index in [1.54, 1.807) is 0 Å². The zero-order valence-electron chi connectivity index (χ0n) is 8.14. The summed E-state index contributed by atoms with van der Waals surface area (Å²) in [6.07, 6.45) is -7.75. The van der Waals surface area contributed by atoms with Crippen LogP contribution in [0.15, 0.2) is 18.2 Å². The Hall–Kier alpha value is -0.950. The highest BCUT2D eigenvalue weighted by Gasteiger charge is 2.32. The van der Waals surface area contributed by atoms with Crippen molar-refractivity contribution in [2.75, 3.05) is 0 Å². The Kier molecular flexibility index (Phi) is 5.28. The zero-order chi connectivity index (χ0) is 12.5. The average molecular weight is 280 g/mol. The first-order valence-electron chi connectivity index (χ1n) is 4.14. The Labute approximate surface area is 99.0 Å². The molecule has 0 saturated carbocycles. The van der Waals surface area contributed by atoms with Crippen molar-refractivity contribution in [3.8, 4) is 0 Å². The summed E-state index contributed by atoms with van der Waals surface area (Å²) in [5.74, 6) is -1.39. The Bertz CT molecular complexity index is 378. The van der Waals surface area contributed by atoms with Gasteiger partial charge in [-0.1, -0.05) is 6.07 Å². The Morgan fingerprint density at radius 2 is 1.65 bits per heavy atom. The second-order valence-electron chi connectivity index (χ2n) is 3.09. The molecule has 0 aromatic heterocycles. The van der Waals surface area contributed by atoms with Crippen LogP contribution in [0.1, 0.15) is 17.2 Å². The van der Waals surface area contributed by atoms with E-state index >= 15 is 0 Å². The number of benzene rings is 1. The largest absolute Gasteiger partial charge is 0.416 e. The molecule has 8 heteroatoms. The number of hydrogen-bond donors (Lipinski definition) is 1. The first-order valence-corrected chi connectivity index (χ1v) is 4.14. The maximum Gasteiger partial charge on any atom is 0.416 e. The molecule has 1 aromatic rings. The molecule has 0 heterocycles. The van der Waals surface area contributed by atoms with Crippen LogP contribution in [0.4, 0.5) is 26.3 Å². The molecule has 1 atom stereocenters. The van der Waals surface area contributed by atoms with Gasteiger partial charge in [0, 0.05) is 5.56 Å². The van der Waals surface area contributed by atoms with E-state index in [2.05, 4.69) is 0 Å². The standard InChI is InChI=1S/C9H7F6N.ClH/c10-6-3-4(9(13,14)15)1-2-5(6)7(16)8(11)12;/h1-3,7-8H,16H2;1H/t7-;/m1./s1. The van der Waals surface area contributed by atoms with Gasteiger partial charge in [0.2, 0.25) is 0 Å². The van der Waals surface area contributed by atoms with Crippen LogP contribution in [0.5, 0.6) is 0 Å². The van der Waals surface area contributed by atoms with Crippen LogP contribution in [0, 0.1) is 5.82 Å². The molecule has 0 aliphatic carbocycles. The molecule has 0 radical (unpaired) electrons. The highest BCUT2D eigenvalue weighted by atomic mass is 35.5. The molecule has 0 amide bonds. The van der Waals surface area contributed by atoms with Crippen molar-refractivity contribution in [1.29, 1.82) is 0 Å². The van der Waals surface area contributed by atoms with Crippen LogP contribution in [0.25, 0.3) is 0 Å². The fourth-order valence-corrected chi connectivity index (χ4v) is 1.11. The molecule has 0 unspecified atom stereocenters. The van der Waals surface area contributed by atoms with Crippen molar-refractivity contribution in [2.45, 2.75) is 18.6 Å². The third kappa shape index (κ3) is 3.78. The summed E-state index contributed by atoms with van der Waals surface area (Å²) in [6, 6.07) is -0.644. The second kappa shape index (κ2) is 5.59. The van der Waals surface area contributed by atoms with Crippen molar-refractivity contribution in [1.82, 2.24) is 0 Å². The number of alkyl halides is 5. The predicted molar refractivity (Wildman–Crippen MR) is 51.6 cm³/mol. The minimum atomic E-state index is -4.71. The van der Waals surface area contributed by atoms with Crippen LogP contribution >= 0.6 is 12.4 Å². The van der Waals surface area contributed by atoms with E-state index in [0.29, 0.717) is 12.1 Å². The molecule has 1 nitrogen and oxygen atoms in total. The smallest absolute Gasteiger partial charge is 0.319 e. The lowest BCUT2D eigenvalue weighted by atomic mass is 10.0. The minimum Gasteiger partial charge on any atom is -0.319 e. The molecule has 0 saturated heterocycles. The summed E-state index contributed by atoms with van der Waals surface area (Å²) < 4.78 is 73.6. The highest BCUT2D eigenvalue weighted by molar-refractivity contribution is 5.85. The molecule has 17 heavy (non-hydrogen) atoms. The van der Waals surface area contributed by atoms with Crippen molar-refractivity contribution in [2.24, 2.45) is 5.73 Å². The molecule has 0 bridgehead atoms. The van der Waals surface area contributed by atoms with Gasteiger partial charge in [-0.15, -0.1) is 12.4 Å². The topological polar surface area (TPSA) is 26.0 Å². The van der Waals surface area contributed by atoms with Crippen molar-refractivity contribution in [3.63, 3.8) is 0 Å². The minimum absolute atomic E-state index is 0. The van der Waals surface area contributed by atoms with Gasteiger partial charge in [-0.2, -0.15) is 13.2 Å². The summed E-state index contributed by atoms with van der Waals surface area (Å²) in [5, 5.41) is 0. The summed E-state index contributed by atoms with van der Waals surface area (Å²) >= 11 is 0. The maximum atomic E-state index is 13.1. The number of hydrogen-bond acceptors (Lipinski definition) is 1. The molecule has 0 aliphatic heterocycles. The Morgan fingerprint density at radius 3 is 2.00 bits per heavy atom. The van der Waals surface area contributed by atoms with Gasteiger partial charge in [-0.25, -0.2) is 13.2 Å². The zero-order valence-corrected chi connectivity index (χ0v) is 8.96. The fraction of sp³-hybridized carbons (Fsp3) is 0.333. The number of rotatable bonds is 2. The number of halogens is 7. The predicted octanol–water partition coefficient (Wildman–Crippen LogP) is 3.53. The Morgan fingerprint density at radius 1 is 1.12 bits per heavy atom. The highest BCUT2D eigenvalue weighted by Crippen LogP contribution is 2.31. The van der Waals surface area contributed by atoms with Gasteiger partial charge < -0.3 is 5.73 Å². The van der Waals surface area contributed by atoms with E-state index in [0.717, 1.165) is 0 Å². The van der Waals surface area contributed by atoms with Gasteiger partial charge in [-0.3, -0.25) is 0 Å². The first kappa shape index (κ1) is 16.1. The third-order valence-corrected chi connectivity index (χ3v) is 1.96. The molecule has 1 rings (SSSR count). The van der Waals surface area contributed by atoms with Gasteiger partial charge in [0.05, 0.1) is 11.6 Å². The third-order valence-electron chi connectivity index (χ3n) is 1.96. The van der Waals surface area contributed by atoms with Crippen molar-refractivity contribution in [3.05, 3.63) is 35.1 Å². The summed E-state index contributed by atoms with van der Waals surface area (Å²) in [5.41, 5.74) is 3.05. The van der Waals surface area contributed by atoms with Gasteiger partial charge in [0.25, 0.3) is 6.43 Å². The molecule has 0 aliphatic rings. The Balaban J connectivity index is 0.00000256. The molecule has 0 spiro atoms. The fourth-order valence-electron chi connectivity index (χ4n) is 1.11. The average Bonchev–Trinajstić information content (AvgIpc) is 2.15. The van der Waals surface area contributed by atoms with E-state index < -0.39 is 35.6 Å². The SMILES string of the molecule is Cl.N[C@H](c1ccc(C(F)(F)F)cc1F)C(F)F. The van der Waals surface area contributed by atoms with E-state index in [-0.39, 0.29) is 18.5 Å². The molecular weight excluding hydrogens is 272 g/mol. The van der Waals surface area contributed by atoms with E-state index in [1.807, 2.05) is 0 Å². The summed E-state index contributed by atoms with van der Waals surface area (Å²) in [4.78, 5) is 0. The van der Waals surface area contributed by atoms with E-state index in [1.165, 1.54) is 0 Å². The molecule has 0 fully saturated rings. The lowest BCUT2D eigenvalue weighted by Gasteiger charge is -2.13. The first-order chi connectivity index (χ1) is 7.23. The van der Waals surface area contributed by atoms with Crippen LogP contribution < -0.4 is 5.73 Å².